The molecule has 0 saturated carbocycles. The van der Waals surface area contributed by atoms with Gasteiger partial charge in [-0.15, -0.1) is 0 Å². The molecule has 4 rings (SSSR count). The number of halogens is 3. The van der Waals surface area contributed by atoms with Gasteiger partial charge in [0.2, 0.25) is 5.91 Å². The third-order valence-corrected chi connectivity index (χ3v) is 6.60. The highest BCUT2D eigenvalue weighted by atomic mass is 19.4. The third-order valence-electron chi connectivity index (χ3n) is 6.60. The summed E-state index contributed by atoms with van der Waals surface area (Å²) >= 11 is 0. The number of nitrogens with one attached hydrogen (secondary N) is 1. The number of alkyl halides is 3. The fourth-order valence-electron chi connectivity index (χ4n) is 4.87. The van der Waals surface area contributed by atoms with Crippen molar-refractivity contribution in [2.24, 2.45) is 11.8 Å². The monoisotopic (exact) mass is 490 g/mol. The molecule has 7 nitrogen and oxygen atoms in total. The number of carbonyl (C=O) groups is 3. The quantitative estimate of drug-likeness (QED) is 0.638. The zero-order valence-electron chi connectivity index (χ0n) is 18.9. The second kappa shape index (κ2) is 9.59. The maximum atomic E-state index is 13.2. The van der Waals surface area contributed by atoms with Crippen molar-refractivity contribution in [1.82, 2.24) is 10.2 Å². The van der Waals surface area contributed by atoms with Gasteiger partial charge in [0.1, 0.15) is 6.61 Å². The predicted molar refractivity (Wildman–Crippen MR) is 120 cm³/mol. The van der Waals surface area contributed by atoms with Gasteiger partial charge < -0.3 is 20.1 Å². The maximum absolute atomic E-state index is 13.2. The molecule has 186 valence electrons. The number of amides is 2. The molecule has 2 aliphatic rings. The number of carboxylic acids is 1. The van der Waals surface area contributed by atoms with E-state index in [9.17, 15) is 27.6 Å². The minimum absolute atomic E-state index is 0.0835. The molecule has 1 saturated heterocycles. The number of aliphatic carboxylic acids is 1. The van der Waals surface area contributed by atoms with E-state index in [0.29, 0.717) is 0 Å². The third kappa shape index (κ3) is 5.11. The second-order valence-corrected chi connectivity index (χ2v) is 8.97. The molecule has 0 radical (unpaired) electrons. The highest BCUT2D eigenvalue weighted by Gasteiger charge is 2.53. The number of hydrogen-bond donors (Lipinski definition) is 2. The summed E-state index contributed by atoms with van der Waals surface area (Å²) in [5.41, 5.74) is 4.26. The molecule has 1 aliphatic heterocycles. The fourth-order valence-corrected chi connectivity index (χ4v) is 4.87. The van der Waals surface area contributed by atoms with Crippen molar-refractivity contribution in [3.8, 4) is 11.1 Å². The van der Waals surface area contributed by atoms with E-state index >= 15 is 0 Å². The summed E-state index contributed by atoms with van der Waals surface area (Å²) in [6, 6.07) is 15.0. The van der Waals surface area contributed by atoms with E-state index < -0.39 is 55.1 Å². The largest absolute Gasteiger partial charge is 0.481 e. The average molecular weight is 490 g/mol. The topological polar surface area (TPSA) is 95.9 Å². The molecule has 2 aromatic rings. The molecule has 1 unspecified atom stereocenters. The van der Waals surface area contributed by atoms with Gasteiger partial charge >= 0.3 is 18.2 Å². The molecule has 1 heterocycles. The Labute approximate surface area is 199 Å². The van der Waals surface area contributed by atoms with E-state index in [1.165, 1.54) is 6.92 Å². The Balaban J connectivity index is 1.31. The van der Waals surface area contributed by atoms with E-state index in [1.54, 1.807) is 0 Å². The first-order valence-electron chi connectivity index (χ1n) is 11.2. The lowest BCUT2D eigenvalue weighted by molar-refractivity contribution is -0.188. The Morgan fingerprint density at radius 2 is 1.63 bits per heavy atom. The van der Waals surface area contributed by atoms with Crippen molar-refractivity contribution < 1.29 is 37.4 Å². The number of fused-ring (bicyclic) bond motifs is 3. The van der Waals surface area contributed by atoms with Gasteiger partial charge in [-0.1, -0.05) is 48.5 Å². The smallest absolute Gasteiger partial charge is 0.407 e. The summed E-state index contributed by atoms with van der Waals surface area (Å²) in [6.07, 6.45) is -5.74. The van der Waals surface area contributed by atoms with Crippen LogP contribution in [0.2, 0.25) is 0 Å². The van der Waals surface area contributed by atoms with Gasteiger partial charge in [0.15, 0.2) is 0 Å². The molecule has 2 aromatic carbocycles. The lowest BCUT2D eigenvalue weighted by Crippen LogP contribution is -2.39. The minimum Gasteiger partial charge on any atom is -0.481 e. The van der Waals surface area contributed by atoms with Crippen LogP contribution in [-0.4, -0.2) is 59.9 Å². The molecular formula is C25H25F3N2O5. The van der Waals surface area contributed by atoms with Crippen LogP contribution in [-0.2, 0) is 14.3 Å². The van der Waals surface area contributed by atoms with Crippen LogP contribution in [0.25, 0.3) is 11.1 Å². The van der Waals surface area contributed by atoms with Crippen molar-refractivity contribution in [1.29, 1.82) is 0 Å². The average Bonchev–Trinajstić information content (AvgIpc) is 3.38. The van der Waals surface area contributed by atoms with Crippen LogP contribution in [0.1, 0.15) is 30.4 Å². The summed E-state index contributed by atoms with van der Waals surface area (Å²) in [5.74, 6) is -6.21. The zero-order valence-corrected chi connectivity index (χ0v) is 18.9. The van der Waals surface area contributed by atoms with Crippen LogP contribution in [0.5, 0.6) is 0 Å². The molecule has 10 heteroatoms. The first-order valence-corrected chi connectivity index (χ1v) is 11.2. The Morgan fingerprint density at radius 3 is 2.14 bits per heavy atom. The van der Waals surface area contributed by atoms with E-state index in [-0.39, 0.29) is 18.9 Å². The second-order valence-electron chi connectivity index (χ2n) is 8.97. The van der Waals surface area contributed by atoms with Gasteiger partial charge in [-0.25, -0.2) is 4.79 Å². The van der Waals surface area contributed by atoms with Gasteiger partial charge in [0.05, 0.1) is 11.8 Å². The number of rotatable bonds is 6. The highest BCUT2D eigenvalue weighted by Crippen LogP contribution is 2.44. The molecule has 1 fully saturated rings. The lowest BCUT2D eigenvalue weighted by atomic mass is 9.96. The van der Waals surface area contributed by atoms with Crippen LogP contribution in [0, 0.1) is 11.8 Å². The number of carboxylic acid groups (broad SMARTS) is 1. The van der Waals surface area contributed by atoms with E-state index in [4.69, 9.17) is 9.84 Å². The number of alkyl carbamates (subject to hydrolysis) is 1. The zero-order chi connectivity index (χ0) is 25.3. The van der Waals surface area contributed by atoms with Crippen molar-refractivity contribution in [3.63, 3.8) is 0 Å². The van der Waals surface area contributed by atoms with Crippen LogP contribution >= 0.6 is 0 Å². The summed E-state index contributed by atoms with van der Waals surface area (Å²) < 4.78 is 44.9. The number of benzene rings is 2. The number of likely N-dealkylation sites (tertiary alicyclic amines) is 1. The maximum Gasteiger partial charge on any atom is 0.407 e. The van der Waals surface area contributed by atoms with Crippen LogP contribution in [0.3, 0.4) is 0 Å². The molecule has 0 spiro atoms. The van der Waals surface area contributed by atoms with Crippen molar-refractivity contribution in [3.05, 3.63) is 59.7 Å². The lowest BCUT2D eigenvalue weighted by Gasteiger charge is -2.21. The van der Waals surface area contributed by atoms with Gasteiger partial charge in [-0.3, -0.25) is 9.59 Å². The summed E-state index contributed by atoms with van der Waals surface area (Å²) in [4.78, 5) is 37.0. The number of ether oxygens (including phenoxy) is 1. The van der Waals surface area contributed by atoms with Gasteiger partial charge in [-0.2, -0.15) is 13.2 Å². The van der Waals surface area contributed by atoms with Crippen LogP contribution in [0.4, 0.5) is 18.0 Å². The number of carbonyl (C=O) groups excluding carboxylic acids is 2. The Hall–Kier alpha value is -3.56. The SMILES string of the molecule is CC(CC(=O)N1C[C@H](C(=O)O)[C@@H](C(F)(F)F)C1)NC(=O)OCC1c2ccccc2-c2ccccc21. The minimum atomic E-state index is -4.72. The Bertz CT molecular complexity index is 1090. The van der Waals surface area contributed by atoms with Crippen LogP contribution in [0.15, 0.2) is 48.5 Å². The van der Waals surface area contributed by atoms with E-state index in [0.717, 1.165) is 27.2 Å². The summed E-state index contributed by atoms with van der Waals surface area (Å²) in [5, 5.41) is 11.6. The van der Waals surface area contributed by atoms with Gasteiger partial charge in [0.25, 0.3) is 0 Å². The first-order chi connectivity index (χ1) is 16.6. The Kier molecular flexibility index (Phi) is 6.73. The van der Waals surface area contributed by atoms with Crippen molar-refractivity contribution in [2.45, 2.75) is 31.5 Å². The number of hydrogen-bond acceptors (Lipinski definition) is 4. The summed E-state index contributed by atoms with van der Waals surface area (Å²) in [6.45, 7) is 0.387. The molecule has 35 heavy (non-hydrogen) atoms. The molecule has 1 aliphatic carbocycles. The first kappa shape index (κ1) is 24.6. The molecule has 2 N–H and O–H groups in total. The normalized spacial score (nSPS) is 20.2. The number of nitrogens with zero attached hydrogens (tertiary/aromatic N) is 1. The van der Waals surface area contributed by atoms with Crippen molar-refractivity contribution >= 4 is 18.0 Å². The molecule has 3 atom stereocenters. The highest BCUT2D eigenvalue weighted by molar-refractivity contribution is 5.81. The van der Waals surface area contributed by atoms with Crippen LogP contribution < -0.4 is 5.32 Å². The van der Waals surface area contributed by atoms with E-state index in [2.05, 4.69) is 5.32 Å². The predicted octanol–water partition coefficient (Wildman–Crippen LogP) is 4.03. The van der Waals surface area contributed by atoms with E-state index in [1.807, 2.05) is 48.5 Å². The fraction of sp³-hybridized carbons (Fsp3) is 0.400. The molecular weight excluding hydrogens is 465 g/mol. The Morgan fingerprint density at radius 1 is 1.06 bits per heavy atom. The van der Waals surface area contributed by atoms with Crippen molar-refractivity contribution in [2.75, 3.05) is 19.7 Å². The standard InChI is InChI=1S/C25H25F3N2O5/c1-14(10-22(31)30-11-19(23(32)33)21(12-30)25(26,27)28)29-24(34)35-13-20-17-8-4-2-6-15(17)16-7-3-5-9-18(16)20/h2-9,14,19-21H,10-13H2,1H3,(H,29,34)(H,32,33)/t14?,19-,21-/m0/s1. The summed E-state index contributed by atoms with van der Waals surface area (Å²) in [7, 11) is 0. The molecule has 0 bridgehead atoms. The molecule has 2 amide bonds. The van der Waals surface area contributed by atoms with Gasteiger partial charge in [-0.05, 0) is 29.2 Å². The van der Waals surface area contributed by atoms with Gasteiger partial charge in [0, 0.05) is 31.5 Å². The molecule has 0 aromatic heterocycles.